The third kappa shape index (κ3) is 6.42. The molecule has 0 spiro atoms. The Kier molecular flexibility index (Phi) is 8.98. The summed E-state index contributed by atoms with van der Waals surface area (Å²) in [4.78, 5) is 2.18. The van der Waals surface area contributed by atoms with Crippen molar-refractivity contribution >= 4 is 5.69 Å². The van der Waals surface area contributed by atoms with Gasteiger partial charge in [-0.25, -0.2) is 4.39 Å². The first kappa shape index (κ1) is 17.9. The van der Waals surface area contributed by atoms with Crippen LogP contribution < -0.4 is 10.6 Å². The maximum Gasteiger partial charge on any atom is 0.123 e. The van der Waals surface area contributed by atoms with Crippen LogP contribution in [-0.4, -0.2) is 46.1 Å². The summed E-state index contributed by atoms with van der Waals surface area (Å²) in [5.74, 6) is -0.225. The van der Waals surface area contributed by atoms with Crippen LogP contribution >= 0.6 is 0 Å². The molecule has 0 fully saturated rings. The lowest BCUT2D eigenvalue weighted by Gasteiger charge is -2.27. The van der Waals surface area contributed by atoms with E-state index < -0.39 is 0 Å². The Morgan fingerprint density at radius 2 is 1.71 bits per heavy atom. The van der Waals surface area contributed by atoms with Crippen molar-refractivity contribution in [1.29, 1.82) is 0 Å². The molecule has 0 saturated carbocycles. The molecule has 0 heterocycles. The van der Waals surface area contributed by atoms with Gasteiger partial charge in [0.1, 0.15) is 5.82 Å². The Balaban J connectivity index is 2.83. The smallest absolute Gasteiger partial charge is 0.123 e. The van der Waals surface area contributed by atoms with Gasteiger partial charge in [-0.2, -0.15) is 0 Å². The van der Waals surface area contributed by atoms with Crippen molar-refractivity contribution in [2.45, 2.75) is 20.3 Å². The number of nitrogens with zero attached hydrogens (tertiary/aromatic N) is 1. The molecule has 1 aromatic rings. The minimum atomic E-state index is -0.225. The van der Waals surface area contributed by atoms with Gasteiger partial charge in [0.05, 0.1) is 13.2 Å². The summed E-state index contributed by atoms with van der Waals surface area (Å²) in [5, 5.41) is 0. The summed E-state index contributed by atoms with van der Waals surface area (Å²) in [6.07, 6.45) is 0.660. The third-order valence-corrected chi connectivity index (χ3v) is 3.22. The number of ether oxygens (including phenoxy) is 2. The fourth-order valence-electron chi connectivity index (χ4n) is 2.21. The molecular formula is C16H27FN2O2. The van der Waals surface area contributed by atoms with Crippen molar-refractivity contribution in [3.05, 3.63) is 29.6 Å². The molecule has 0 bridgehead atoms. The van der Waals surface area contributed by atoms with E-state index in [2.05, 4.69) is 4.90 Å². The molecule has 5 heteroatoms. The minimum Gasteiger partial charge on any atom is -0.380 e. The SMILES string of the molecule is CCOCCN(CCOCC)c1ccc(F)cc1CCN. The Hall–Kier alpha value is -1.17. The van der Waals surface area contributed by atoms with Crippen LogP contribution in [0.1, 0.15) is 19.4 Å². The molecule has 1 rings (SSSR count). The molecule has 0 radical (unpaired) electrons. The van der Waals surface area contributed by atoms with Crippen molar-refractivity contribution in [2.24, 2.45) is 5.73 Å². The van der Waals surface area contributed by atoms with Gasteiger partial charge < -0.3 is 20.1 Å². The molecule has 0 aromatic heterocycles. The van der Waals surface area contributed by atoms with E-state index in [-0.39, 0.29) is 5.82 Å². The maximum absolute atomic E-state index is 13.4. The van der Waals surface area contributed by atoms with Gasteiger partial charge in [-0.05, 0) is 50.6 Å². The number of hydrogen-bond acceptors (Lipinski definition) is 4. The van der Waals surface area contributed by atoms with Crippen LogP contribution in [0.3, 0.4) is 0 Å². The van der Waals surface area contributed by atoms with Gasteiger partial charge in [0.2, 0.25) is 0 Å². The van der Waals surface area contributed by atoms with Gasteiger partial charge in [0, 0.05) is 32.0 Å². The molecule has 0 aliphatic rings. The molecule has 21 heavy (non-hydrogen) atoms. The van der Waals surface area contributed by atoms with Gasteiger partial charge >= 0.3 is 0 Å². The summed E-state index contributed by atoms with van der Waals surface area (Å²) in [5.41, 5.74) is 7.58. The van der Waals surface area contributed by atoms with E-state index in [4.69, 9.17) is 15.2 Å². The van der Waals surface area contributed by atoms with Gasteiger partial charge in [0.15, 0.2) is 0 Å². The quantitative estimate of drug-likeness (QED) is 0.636. The van der Waals surface area contributed by atoms with Crippen LogP contribution in [-0.2, 0) is 15.9 Å². The highest BCUT2D eigenvalue weighted by Crippen LogP contribution is 2.22. The molecule has 4 nitrogen and oxygen atoms in total. The van der Waals surface area contributed by atoms with Crippen molar-refractivity contribution in [2.75, 3.05) is 51.0 Å². The molecule has 0 aliphatic heterocycles. The minimum absolute atomic E-state index is 0.225. The van der Waals surface area contributed by atoms with Crippen molar-refractivity contribution in [3.8, 4) is 0 Å². The zero-order valence-corrected chi connectivity index (χ0v) is 13.1. The molecule has 0 unspecified atom stereocenters. The van der Waals surface area contributed by atoms with Crippen LogP contribution in [0.25, 0.3) is 0 Å². The second-order valence-corrected chi connectivity index (χ2v) is 4.69. The summed E-state index contributed by atoms with van der Waals surface area (Å²) in [6, 6.07) is 4.87. The van der Waals surface area contributed by atoms with E-state index in [1.165, 1.54) is 6.07 Å². The summed E-state index contributed by atoms with van der Waals surface area (Å²) in [6.45, 7) is 8.63. The topological polar surface area (TPSA) is 47.7 Å². The van der Waals surface area contributed by atoms with E-state index in [1.807, 2.05) is 19.9 Å². The fourth-order valence-corrected chi connectivity index (χ4v) is 2.21. The number of anilines is 1. The van der Waals surface area contributed by atoms with E-state index in [0.717, 1.165) is 24.3 Å². The second-order valence-electron chi connectivity index (χ2n) is 4.69. The Bertz CT molecular complexity index is 392. The molecule has 0 aliphatic carbocycles. The fraction of sp³-hybridized carbons (Fsp3) is 0.625. The molecule has 120 valence electrons. The monoisotopic (exact) mass is 298 g/mol. The largest absolute Gasteiger partial charge is 0.380 e. The zero-order valence-electron chi connectivity index (χ0n) is 13.1. The summed E-state index contributed by atoms with van der Waals surface area (Å²) >= 11 is 0. The number of benzene rings is 1. The average molecular weight is 298 g/mol. The molecule has 0 saturated heterocycles. The van der Waals surface area contributed by atoms with Gasteiger partial charge in [-0.3, -0.25) is 0 Å². The normalized spacial score (nSPS) is 10.9. The van der Waals surface area contributed by atoms with Crippen molar-refractivity contribution < 1.29 is 13.9 Å². The highest BCUT2D eigenvalue weighted by atomic mass is 19.1. The standard InChI is InChI=1S/C16H27FN2O2/c1-3-20-11-9-19(10-12-21-4-2)16-6-5-15(17)13-14(16)7-8-18/h5-6,13H,3-4,7-12,18H2,1-2H3. The van der Waals surface area contributed by atoms with Crippen LogP contribution in [0.2, 0.25) is 0 Å². The van der Waals surface area contributed by atoms with E-state index in [9.17, 15) is 4.39 Å². The number of hydrogen-bond donors (Lipinski definition) is 1. The molecule has 0 atom stereocenters. The van der Waals surface area contributed by atoms with Crippen molar-refractivity contribution in [3.63, 3.8) is 0 Å². The molecule has 2 N–H and O–H groups in total. The Morgan fingerprint density at radius 1 is 1.10 bits per heavy atom. The van der Waals surface area contributed by atoms with Crippen LogP contribution in [0.5, 0.6) is 0 Å². The first-order chi connectivity index (χ1) is 10.2. The lowest BCUT2D eigenvalue weighted by atomic mass is 10.1. The van der Waals surface area contributed by atoms with Gasteiger partial charge in [-0.15, -0.1) is 0 Å². The number of rotatable bonds is 11. The first-order valence-electron chi connectivity index (χ1n) is 7.61. The number of halogens is 1. The Morgan fingerprint density at radius 3 is 2.24 bits per heavy atom. The second kappa shape index (κ2) is 10.5. The molecular weight excluding hydrogens is 271 g/mol. The third-order valence-electron chi connectivity index (χ3n) is 3.22. The Labute approximate surface area is 127 Å². The van der Waals surface area contributed by atoms with Crippen LogP contribution in [0, 0.1) is 5.82 Å². The first-order valence-corrected chi connectivity index (χ1v) is 7.61. The van der Waals surface area contributed by atoms with Crippen LogP contribution in [0.4, 0.5) is 10.1 Å². The zero-order chi connectivity index (χ0) is 15.5. The van der Waals surface area contributed by atoms with Crippen molar-refractivity contribution in [1.82, 2.24) is 0 Å². The highest BCUT2D eigenvalue weighted by molar-refractivity contribution is 5.54. The average Bonchev–Trinajstić information content (AvgIpc) is 2.47. The maximum atomic E-state index is 13.4. The van der Waals surface area contributed by atoms with Crippen LogP contribution in [0.15, 0.2) is 18.2 Å². The van der Waals surface area contributed by atoms with E-state index in [1.54, 1.807) is 6.07 Å². The number of nitrogens with two attached hydrogens (primary N) is 1. The summed E-state index contributed by atoms with van der Waals surface area (Å²) in [7, 11) is 0. The predicted molar refractivity (Wildman–Crippen MR) is 84.4 cm³/mol. The lowest BCUT2D eigenvalue weighted by Crippen LogP contribution is -2.32. The molecule has 0 amide bonds. The van der Waals surface area contributed by atoms with Gasteiger partial charge in [0.25, 0.3) is 0 Å². The van der Waals surface area contributed by atoms with E-state index >= 15 is 0 Å². The summed E-state index contributed by atoms with van der Waals surface area (Å²) < 4.78 is 24.3. The lowest BCUT2D eigenvalue weighted by molar-refractivity contribution is 0.141. The highest BCUT2D eigenvalue weighted by Gasteiger charge is 2.12. The predicted octanol–water partition coefficient (Wildman–Crippen LogP) is 2.21. The van der Waals surface area contributed by atoms with E-state index in [0.29, 0.717) is 39.4 Å². The molecule has 1 aromatic carbocycles. The van der Waals surface area contributed by atoms with Gasteiger partial charge in [-0.1, -0.05) is 0 Å².